The van der Waals surface area contributed by atoms with Crippen LogP contribution in [-0.4, -0.2) is 19.7 Å². The van der Waals surface area contributed by atoms with Gasteiger partial charge in [0.25, 0.3) is 0 Å². The van der Waals surface area contributed by atoms with Gasteiger partial charge < -0.3 is 4.18 Å². The zero-order valence-corrected chi connectivity index (χ0v) is 13.8. The smallest absolute Gasteiger partial charge is 0.376 e. The topological polar surface area (TPSA) is 60.4 Å². The number of hydrogen-bond acceptors (Lipinski definition) is 4. The minimum absolute atomic E-state index is 0.0820. The van der Waals surface area contributed by atoms with Crippen LogP contribution in [0.2, 0.25) is 0 Å². The van der Waals surface area contributed by atoms with Gasteiger partial charge in [0.15, 0.2) is 5.78 Å². The summed E-state index contributed by atoms with van der Waals surface area (Å²) in [7, 11) is -5.74. The van der Waals surface area contributed by atoms with Gasteiger partial charge in [0, 0.05) is 12.0 Å². The molecule has 1 aliphatic rings. The number of rotatable bonds is 3. The van der Waals surface area contributed by atoms with Crippen molar-refractivity contribution in [2.24, 2.45) is 0 Å². The van der Waals surface area contributed by atoms with Crippen molar-refractivity contribution >= 4 is 15.9 Å². The van der Waals surface area contributed by atoms with Gasteiger partial charge in [-0.3, -0.25) is 4.79 Å². The Bertz CT molecular complexity index is 749. The van der Waals surface area contributed by atoms with Crippen molar-refractivity contribution in [3.8, 4) is 5.75 Å². The maximum Gasteiger partial charge on any atom is 0.534 e. The molecule has 0 fully saturated rings. The van der Waals surface area contributed by atoms with Crippen molar-refractivity contribution in [2.45, 2.75) is 51.0 Å². The van der Waals surface area contributed by atoms with Gasteiger partial charge in [-0.1, -0.05) is 20.8 Å². The van der Waals surface area contributed by atoms with E-state index in [1.807, 2.05) is 13.8 Å². The lowest BCUT2D eigenvalue weighted by molar-refractivity contribution is -0.0500. The molecule has 0 bridgehead atoms. The summed E-state index contributed by atoms with van der Waals surface area (Å²) in [6, 6.07) is 2.43. The van der Waals surface area contributed by atoms with Crippen LogP contribution in [0.3, 0.4) is 0 Å². The molecule has 23 heavy (non-hydrogen) atoms. The quantitative estimate of drug-likeness (QED) is 0.616. The molecule has 0 saturated carbocycles. The van der Waals surface area contributed by atoms with Crippen LogP contribution >= 0.6 is 0 Å². The Labute approximate surface area is 132 Å². The predicted molar refractivity (Wildman–Crippen MR) is 78.0 cm³/mol. The highest BCUT2D eigenvalue weighted by Crippen LogP contribution is 2.41. The van der Waals surface area contributed by atoms with Crippen LogP contribution in [0.15, 0.2) is 12.1 Å². The van der Waals surface area contributed by atoms with Gasteiger partial charge >= 0.3 is 15.6 Å². The third-order valence-corrected chi connectivity index (χ3v) is 5.03. The number of halogens is 3. The van der Waals surface area contributed by atoms with E-state index < -0.39 is 26.8 Å². The van der Waals surface area contributed by atoms with Crippen molar-refractivity contribution in [2.75, 3.05) is 0 Å². The van der Waals surface area contributed by atoms with Gasteiger partial charge in [0.1, 0.15) is 5.75 Å². The molecule has 0 aliphatic heterocycles. The average molecular weight is 350 g/mol. The number of benzene rings is 1. The highest BCUT2D eigenvalue weighted by atomic mass is 32.2. The summed E-state index contributed by atoms with van der Waals surface area (Å²) in [5, 5.41) is 0. The van der Waals surface area contributed by atoms with E-state index in [-0.39, 0.29) is 5.78 Å². The lowest BCUT2D eigenvalue weighted by atomic mass is 9.71. The van der Waals surface area contributed by atoms with Crippen molar-refractivity contribution in [3.63, 3.8) is 0 Å². The summed E-state index contributed by atoms with van der Waals surface area (Å²) >= 11 is 0. The molecule has 1 aliphatic carbocycles. The Morgan fingerprint density at radius 3 is 2.39 bits per heavy atom. The zero-order chi connectivity index (χ0) is 17.6. The third kappa shape index (κ3) is 3.22. The molecule has 0 saturated heterocycles. The number of hydrogen-bond donors (Lipinski definition) is 0. The fraction of sp³-hybridized carbons (Fsp3) is 0.533. The highest BCUT2D eigenvalue weighted by molar-refractivity contribution is 7.88. The van der Waals surface area contributed by atoms with Gasteiger partial charge in [-0.2, -0.15) is 21.6 Å². The normalized spacial score (nSPS) is 17.7. The summed E-state index contributed by atoms with van der Waals surface area (Å²) in [5.74, 6) is -0.498. The summed E-state index contributed by atoms with van der Waals surface area (Å²) < 4.78 is 64.1. The molecule has 0 N–H and O–H groups in total. The summed E-state index contributed by atoms with van der Waals surface area (Å²) in [4.78, 5) is 12.2. The van der Waals surface area contributed by atoms with E-state index in [2.05, 4.69) is 4.18 Å². The van der Waals surface area contributed by atoms with E-state index in [0.717, 1.165) is 0 Å². The van der Waals surface area contributed by atoms with Crippen LogP contribution < -0.4 is 4.18 Å². The third-order valence-electron chi connectivity index (χ3n) is 4.05. The molecule has 1 aromatic carbocycles. The molecule has 1 aromatic rings. The number of Topliss-reactive ketones (excluding diaryl/α,β-unsaturated/α-hetero) is 1. The van der Waals surface area contributed by atoms with E-state index in [0.29, 0.717) is 36.0 Å². The van der Waals surface area contributed by atoms with Crippen LogP contribution in [0.4, 0.5) is 13.2 Å². The second kappa shape index (κ2) is 5.51. The first-order valence-electron chi connectivity index (χ1n) is 7.10. The second-order valence-corrected chi connectivity index (χ2v) is 7.69. The summed E-state index contributed by atoms with van der Waals surface area (Å²) in [6.45, 7) is 5.46. The SMILES string of the molecule is CCc1cc(OS(=O)(=O)C(F)(F)F)cc2c1C(=O)CCC2(C)C. The fourth-order valence-electron chi connectivity index (χ4n) is 2.72. The second-order valence-electron chi connectivity index (χ2n) is 6.15. The lowest BCUT2D eigenvalue weighted by Gasteiger charge is -2.33. The number of aryl methyl sites for hydroxylation is 1. The molecule has 0 spiro atoms. The highest BCUT2D eigenvalue weighted by Gasteiger charge is 2.48. The molecule has 4 nitrogen and oxygen atoms in total. The summed E-state index contributed by atoms with van der Waals surface area (Å²) in [6.07, 6.45) is 1.28. The monoisotopic (exact) mass is 350 g/mol. The molecule has 128 valence electrons. The minimum Gasteiger partial charge on any atom is -0.376 e. The molecular formula is C15H17F3O4S. The molecule has 0 amide bonds. The Morgan fingerprint density at radius 2 is 1.87 bits per heavy atom. The van der Waals surface area contributed by atoms with Crippen LogP contribution in [0.25, 0.3) is 0 Å². The molecule has 8 heteroatoms. The maximum atomic E-state index is 12.5. The molecule has 0 radical (unpaired) electrons. The molecule has 0 aromatic heterocycles. The van der Waals surface area contributed by atoms with Crippen molar-refractivity contribution in [1.29, 1.82) is 0 Å². The van der Waals surface area contributed by atoms with E-state index in [4.69, 9.17) is 0 Å². The van der Waals surface area contributed by atoms with Crippen molar-refractivity contribution < 1.29 is 30.6 Å². The largest absolute Gasteiger partial charge is 0.534 e. The van der Waals surface area contributed by atoms with Crippen molar-refractivity contribution in [1.82, 2.24) is 0 Å². The molecule has 0 unspecified atom stereocenters. The van der Waals surface area contributed by atoms with E-state index in [1.165, 1.54) is 12.1 Å². The lowest BCUT2D eigenvalue weighted by Crippen LogP contribution is -2.30. The average Bonchev–Trinajstić information content (AvgIpc) is 2.41. The van der Waals surface area contributed by atoms with E-state index in [1.54, 1.807) is 6.92 Å². The van der Waals surface area contributed by atoms with E-state index in [9.17, 15) is 26.4 Å². The number of carbonyl (C=O) groups is 1. The molecule has 0 heterocycles. The first kappa shape index (κ1) is 17.8. The Hall–Kier alpha value is -1.57. The standard InChI is InChI=1S/C15H17F3O4S/c1-4-9-7-10(22-23(20,21)15(16,17)18)8-11-13(9)12(19)5-6-14(11,2)3/h7-8H,4-6H2,1-3H3. The number of alkyl halides is 3. The van der Waals surface area contributed by atoms with Gasteiger partial charge in [-0.15, -0.1) is 0 Å². The van der Waals surface area contributed by atoms with Gasteiger partial charge in [0.2, 0.25) is 0 Å². The zero-order valence-electron chi connectivity index (χ0n) is 13.0. The van der Waals surface area contributed by atoms with Crippen LogP contribution in [0, 0.1) is 0 Å². The molecule has 2 rings (SSSR count). The van der Waals surface area contributed by atoms with Gasteiger partial charge in [-0.25, -0.2) is 0 Å². The van der Waals surface area contributed by atoms with Crippen LogP contribution in [0.1, 0.15) is 55.1 Å². The van der Waals surface area contributed by atoms with Crippen LogP contribution in [0.5, 0.6) is 5.75 Å². The first-order valence-corrected chi connectivity index (χ1v) is 8.51. The maximum absolute atomic E-state index is 12.5. The van der Waals surface area contributed by atoms with Crippen molar-refractivity contribution in [3.05, 3.63) is 28.8 Å². The Kier molecular flexibility index (Phi) is 4.26. The van der Waals surface area contributed by atoms with E-state index >= 15 is 0 Å². The molecular weight excluding hydrogens is 333 g/mol. The Balaban J connectivity index is 2.60. The van der Waals surface area contributed by atoms with Gasteiger partial charge in [0.05, 0.1) is 0 Å². The number of carbonyl (C=O) groups excluding carboxylic acids is 1. The first-order chi connectivity index (χ1) is 10.4. The number of fused-ring (bicyclic) bond motifs is 1. The van der Waals surface area contributed by atoms with Gasteiger partial charge in [-0.05, 0) is 41.5 Å². The Morgan fingerprint density at radius 1 is 1.26 bits per heavy atom. The fourth-order valence-corrected chi connectivity index (χ4v) is 3.17. The predicted octanol–water partition coefficient (Wildman–Crippen LogP) is 3.73. The summed E-state index contributed by atoms with van der Waals surface area (Å²) in [5.41, 5.74) is -4.46. The minimum atomic E-state index is -5.74. The number of ketones is 1. The van der Waals surface area contributed by atoms with Crippen LogP contribution in [-0.2, 0) is 22.0 Å². The molecule has 0 atom stereocenters.